The fraction of sp³-hybridized carbons (Fsp3) is 0.500. The molecule has 0 aliphatic carbocycles. The third kappa shape index (κ3) is 1.90. The van der Waals surface area contributed by atoms with Gasteiger partial charge in [-0.05, 0) is 6.54 Å². The number of nitrogens with zero attached hydrogens (tertiary/aromatic N) is 1. The Bertz CT molecular complexity index is 315. The van der Waals surface area contributed by atoms with Crippen molar-refractivity contribution in [1.29, 1.82) is 0 Å². The molecule has 1 atom stereocenters. The van der Waals surface area contributed by atoms with Crippen LogP contribution in [0.3, 0.4) is 0 Å². The van der Waals surface area contributed by atoms with Crippen molar-refractivity contribution in [2.75, 3.05) is 26.2 Å². The van der Waals surface area contributed by atoms with Crippen LogP contribution in [0.2, 0.25) is 0 Å². The van der Waals surface area contributed by atoms with Crippen LogP contribution in [0.4, 0.5) is 4.39 Å². The molecular weight excluding hydrogens is 191 g/mol. The predicted molar refractivity (Wildman–Crippen MR) is 59.3 cm³/mol. The minimum atomic E-state index is -1.34. The van der Waals surface area contributed by atoms with Crippen LogP contribution in [0.25, 0.3) is 0 Å². The molecule has 1 unspecified atom stereocenters. The lowest BCUT2D eigenvalue weighted by Crippen LogP contribution is -2.56. The van der Waals surface area contributed by atoms with E-state index in [9.17, 15) is 4.39 Å². The van der Waals surface area contributed by atoms with Crippen LogP contribution < -0.4 is 5.32 Å². The molecular formula is C12H17FN2. The molecule has 1 aliphatic heterocycles. The smallest absolute Gasteiger partial charge is 0.202 e. The van der Waals surface area contributed by atoms with Crippen molar-refractivity contribution in [2.45, 2.75) is 12.7 Å². The number of likely N-dealkylation sites (N-methyl/N-ethyl adjacent to an activating group) is 1. The Morgan fingerprint density at radius 2 is 2.13 bits per heavy atom. The molecule has 1 aromatic carbocycles. The molecule has 0 bridgehead atoms. The summed E-state index contributed by atoms with van der Waals surface area (Å²) in [5, 5.41) is 3.12. The van der Waals surface area contributed by atoms with E-state index in [0.29, 0.717) is 6.54 Å². The number of alkyl halides is 1. The van der Waals surface area contributed by atoms with Gasteiger partial charge in [-0.15, -0.1) is 0 Å². The van der Waals surface area contributed by atoms with Crippen LogP contribution >= 0.6 is 0 Å². The highest BCUT2D eigenvalue weighted by Gasteiger charge is 2.39. The topological polar surface area (TPSA) is 15.3 Å². The molecule has 0 amide bonds. The van der Waals surface area contributed by atoms with E-state index in [1.807, 2.05) is 42.2 Å². The summed E-state index contributed by atoms with van der Waals surface area (Å²) in [4.78, 5) is 1.89. The Morgan fingerprint density at radius 1 is 1.40 bits per heavy atom. The zero-order chi connectivity index (χ0) is 10.7. The third-order valence-corrected chi connectivity index (χ3v) is 3.02. The average Bonchev–Trinajstić information content (AvgIpc) is 2.31. The van der Waals surface area contributed by atoms with Crippen LogP contribution in [-0.4, -0.2) is 31.1 Å². The van der Waals surface area contributed by atoms with Gasteiger partial charge in [0, 0.05) is 25.2 Å². The Labute approximate surface area is 90.1 Å². The van der Waals surface area contributed by atoms with Gasteiger partial charge in [-0.25, -0.2) is 4.39 Å². The summed E-state index contributed by atoms with van der Waals surface area (Å²) in [6.45, 7) is 4.76. The quantitative estimate of drug-likeness (QED) is 0.745. The molecule has 0 aromatic heterocycles. The molecule has 0 saturated carbocycles. The first-order valence-electron chi connectivity index (χ1n) is 5.47. The number of rotatable bonds is 2. The second kappa shape index (κ2) is 4.29. The molecule has 0 radical (unpaired) electrons. The van der Waals surface area contributed by atoms with E-state index in [2.05, 4.69) is 5.32 Å². The molecule has 0 spiro atoms. The van der Waals surface area contributed by atoms with Crippen molar-refractivity contribution in [3.8, 4) is 0 Å². The summed E-state index contributed by atoms with van der Waals surface area (Å²) in [5.74, 6) is -1.34. The van der Waals surface area contributed by atoms with E-state index < -0.39 is 5.79 Å². The third-order valence-electron chi connectivity index (χ3n) is 3.02. The van der Waals surface area contributed by atoms with Crippen LogP contribution in [0.15, 0.2) is 30.3 Å². The minimum absolute atomic E-state index is 0.380. The summed E-state index contributed by atoms with van der Waals surface area (Å²) in [5.41, 5.74) is 0.749. The van der Waals surface area contributed by atoms with E-state index in [0.717, 1.165) is 25.2 Å². The lowest BCUT2D eigenvalue weighted by Gasteiger charge is -2.41. The van der Waals surface area contributed by atoms with E-state index in [4.69, 9.17) is 0 Å². The molecule has 15 heavy (non-hydrogen) atoms. The van der Waals surface area contributed by atoms with Gasteiger partial charge < -0.3 is 5.32 Å². The fourth-order valence-corrected chi connectivity index (χ4v) is 2.14. The number of piperazine rings is 1. The largest absolute Gasteiger partial charge is 0.311 e. The van der Waals surface area contributed by atoms with E-state index in [1.165, 1.54) is 0 Å². The zero-order valence-corrected chi connectivity index (χ0v) is 9.04. The summed E-state index contributed by atoms with van der Waals surface area (Å²) in [7, 11) is 0. The van der Waals surface area contributed by atoms with Crippen LogP contribution in [0, 0.1) is 0 Å². The standard InChI is InChI=1S/C12H17FN2/c1-2-15-9-8-14-10-12(15,13)11-6-4-3-5-7-11/h3-7,14H,2,8-10H2,1H3. The molecule has 2 rings (SSSR count). The number of benzene rings is 1. The maximum absolute atomic E-state index is 14.8. The molecule has 1 aliphatic rings. The first kappa shape index (κ1) is 10.6. The molecule has 1 heterocycles. The van der Waals surface area contributed by atoms with Crippen molar-refractivity contribution < 1.29 is 4.39 Å². The fourth-order valence-electron chi connectivity index (χ4n) is 2.14. The molecule has 1 saturated heterocycles. The summed E-state index contributed by atoms with van der Waals surface area (Å²) < 4.78 is 14.8. The Kier molecular flexibility index (Phi) is 3.03. The first-order chi connectivity index (χ1) is 7.27. The van der Waals surface area contributed by atoms with E-state index in [1.54, 1.807) is 0 Å². The molecule has 2 nitrogen and oxygen atoms in total. The van der Waals surface area contributed by atoms with Gasteiger partial charge in [-0.3, -0.25) is 4.90 Å². The van der Waals surface area contributed by atoms with E-state index >= 15 is 0 Å². The summed E-state index contributed by atoms with van der Waals surface area (Å²) >= 11 is 0. The van der Waals surface area contributed by atoms with Gasteiger partial charge in [0.05, 0.1) is 0 Å². The minimum Gasteiger partial charge on any atom is -0.311 e. The van der Waals surface area contributed by atoms with Crippen molar-refractivity contribution in [1.82, 2.24) is 10.2 Å². The molecule has 3 heteroatoms. The lowest BCUT2D eigenvalue weighted by molar-refractivity contribution is -0.0544. The summed E-state index contributed by atoms with van der Waals surface area (Å²) in [6.07, 6.45) is 0. The van der Waals surface area contributed by atoms with Gasteiger partial charge in [0.25, 0.3) is 0 Å². The Balaban J connectivity index is 2.30. The van der Waals surface area contributed by atoms with Gasteiger partial charge in [0.1, 0.15) is 0 Å². The van der Waals surface area contributed by atoms with Crippen molar-refractivity contribution >= 4 is 0 Å². The normalized spacial score (nSPS) is 27.9. The average molecular weight is 208 g/mol. The van der Waals surface area contributed by atoms with Gasteiger partial charge in [0.2, 0.25) is 5.79 Å². The molecule has 82 valence electrons. The van der Waals surface area contributed by atoms with Gasteiger partial charge in [0.15, 0.2) is 0 Å². The van der Waals surface area contributed by atoms with Gasteiger partial charge >= 0.3 is 0 Å². The van der Waals surface area contributed by atoms with Crippen LogP contribution in [-0.2, 0) is 5.79 Å². The van der Waals surface area contributed by atoms with Crippen molar-refractivity contribution in [3.05, 3.63) is 35.9 Å². The predicted octanol–water partition coefficient (Wildman–Crippen LogP) is 1.73. The molecule has 1 N–H and O–H groups in total. The second-order valence-corrected chi connectivity index (χ2v) is 3.88. The SMILES string of the molecule is CCN1CCNCC1(F)c1ccccc1. The van der Waals surface area contributed by atoms with Gasteiger partial charge in [-0.1, -0.05) is 37.3 Å². The number of hydrogen-bond acceptors (Lipinski definition) is 2. The van der Waals surface area contributed by atoms with Gasteiger partial charge in [-0.2, -0.15) is 0 Å². The number of hydrogen-bond donors (Lipinski definition) is 1. The van der Waals surface area contributed by atoms with Crippen molar-refractivity contribution in [2.24, 2.45) is 0 Å². The van der Waals surface area contributed by atoms with Crippen molar-refractivity contribution in [3.63, 3.8) is 0 Å². The zero-order valence-electron chi connectivity index (χ0n) is 9.04. The van der Waals surface area contributed by atoms with Crippen LogP contribution in [0.1, 0.15) is 12.5 Å². The van der Waals surface area contributed by atoms with Crippen LogP contribution in [0.5, 0.6) is 0 Å². The highest BCUT2D eigenvalue weighted by molar-refractivity contribution is 5.23. The second-order valence-electron chi connectivity index (χ2n) is 3.88. The summed E-state index contributed by atoms with van der Waals surface area (Å²) in [6, 6.07) is 9.41. The molecule has 1 fully saturated rings. The maximum Gasteiger partial charge on any atom is 0.202 e. The maximum atomic E-state index is 14.8. The number of halogens is 1. The Hall–Kier alpha value is -0.930. The number of nitrogens with one attached hydrogen (secondary N) is 1. The Morgan fingerprint density at radius 3 is 2.80 bits per heavy atom. The molecule has 1 aromatic rings. The monoisotopic (exact) mass is 208 g/mol. The lowest BCUT2D eigenvalue weighted by atomic mass is 10.0. The van der Waals surface area contributed by atoms with E-state index in [-0.39, 0.29) is 0 Å². The first-order valence-corrected chi connectivity index (χ1v) is 5.47. The highest BCUT2D eigenvalue weighted by Crippen LogP contribution is 2.30. The highest BCUT2D eigenvalue weighted by atomic mass is 19.1.